The van der Waals surface area contributed by atoms with Crippen molar-refractivity contribution in [3.05, 3.63) is 41.5 Å². The maximum atomic E-state index is 13.2. The van der Waals surface area contributed by atoms with Crippen LogP contribution in [0.4, 0.5) is 36.1 Å². The first-order valence-corrected chi connectivity index (χ1v) is 12.2. The van der Waals surface area contributed by atoms with E-state index in [0.29, 0.717) is 37.1 Å². The van der Waals surface area contributed by atoms with Crippen molar-refractivity contribution in [2.45, 2.75) is 37.7 Å². The Labute approximate surface area is 203 Å². The van der Waals surface area contributed by atoms with Crippen molar-refractivity contribution >= 4 is 43.9 Å². The molecule has 10 nitrogen and oxygen atoms in total. The monoisotopic (exact) mass is 517 g/mol. The third-order valence-corrected chi connectivity index (χ3v) is 6.76. The summed E-state index contributed by atoms with van der Waals surface area (Å²) in [4.78, 5) is 1.73. The van der Waals surface area contributed by atoms with E-state index in [0.717, 1.165) is 0 Å². The van der Waals surface area contributed by atoms with E-state index in [1.165, 1.54) is 18.2 Å². The van der Waals surface area contributed by atoms with Crippen LogP contribution in [0, 0.1) is 22.7 Å². The normalized spacial score (nSPS) is 14.9. The molecule has 0 amide bonds. The molecule has 2 aromatic carbocycles. The SMILES string of the molecule is CCC(C#N)N1CCCc2cc(N=Nc3noc4cccc(C#N)c34)c(NS(=O)(=O)C(F)(F)F)cc21. The average molecular weight is 517 g/mol. The second kappa shape index (κ2) is 9.47. The van der Waals surface area contributed by atoms with E-state index in [1.807, 2.05) is 6.07 Å². The van der Waals surface area contributed by atoms with Crippen molar-refractivity contribution in [3.63, 3.8) is 0 Å². The fourth-order valence-electron chi connectivity index (χ4n) is 3.96. The topological polar surface area (TPSA) is 148 Å². The molecule has 1 aliphatic heterocycles. The Morgan fingerprint density at radius 3 is 2.72 bits per heavy atom. The molecule has 0 fully saturated rings. The van der Waals surface area contributed by atoms with E-state index in [-0.39, 0.29) is 28.0 Å². The maximum Gasteiger partial charge on any atom is 0.516 e. The molecule has 14 heteroatoms. The second-order valence-corrected chi connectivity index (χ2v) is 9.57. The number of alkyl halides is 3. The number of nitrogens with one attached hydrogen (secondary N) is 1. The van der Waals surface area contributed by atoms with Gasteiger partial charge >= 0.3 is 15.5 Å². The van der Waals surface area contributed by atoms with E-state index >= 15 is 0 Å². The van der Waals surface area contributed by atoms with E-state index in [4.69, 9.17) is 4.52 Å². The number of anilines is 2. The Kier molecular flexibility index (Phi) is 6.56. The molecular weight excluding hydrogens is 499 g/mol. The summed E-state index contributed by atoms with van der Waals surface area (Å²) in [5, 5.41) is 30.8. The van der Waals surface area contributed by atoms with Gasteiger partial charge in [-0.05, 0) is 49.1 Å². The van der Waals surface area contributed by atoms with Gasteiger partial charge in [-0.25, -0.2) is 0 Å². The van der Waals surface area contributed by atoms with E-state index in [9.17, 15) is 32.1 Å². The first kappa shape index (κ1) is 24.9. The van der Waals surface area contributed by atoms with E-state index in [2.05, 4.69) is 21.5 Å². The summed E-state index contributed by atoms with van der Waals surface area (Å²) in [7, 11) is -5.78. The van der Waals surface area contributed by atoms with Gasteiger partial charge in [-0.15, -0.1) is 10.2 Å². The number of halogens is 3. The second-order valence-electron chi connectivity index (χ2n) is 7.90. The third kappa shape index (κ3) is 4.55. The number of nitrogens with zero attached hydrogens (tertiary/aromatic N) is 6. The number of aromatic nitrogens is 1. The minimum Gasteiger partial charge on any atom is -0.355 e. The summed E-state index contributed by atoms with van der Waals surface area (Å²) in [6, 6.07) is 10.9. The summed E-state index contributed by atoms with van der Waals surface area (Å²) in [5.74, 6) is -0.0957. The van der Waals surface area contributed by atoms with Crippen LogP contribution < -0.4 is 9.62 Å². The molecule has 0 saturated heterocycles. The summed E-state index contributed by atoms with van der Waals surface area (Å²) in [5.41, 5.74) is -4.68. The highest BCUT2D eigenvalue weighted by atomic mass is 32.2. The van der Waals surface area contributed by atoms with Gasteiger partial charge in [0.05, 0.1) is 22.7 Å². The van der Waals surface area contributed by atoms with Crippen LogP contribution in [-0.2, 0) is 16.4 Å². The van der Waals surface area contributed by atoms with Gasteiger partial charge in [0, 0.05) is 12.2 Å². The van der Waals surface area contributed by atoms with Crippen LogP contribution in [0.5, 0.6) is 0 Å². The van der Waals surface area contributed by atoms with Crippen LogP contribution in [0.25, 0.3) is 11.0 Å². The molecular formula is C22H18F3N7O3S. The van der Waals surface area contributed by atoms with Crippen molar-refractivity contribution in [3.8, 4) is 12.1 Å². The molecule has 36 heavy (non-hydrogen) atoms. The number of hydrogen-bond acceptors (Lipinski definition) is 9. The molecule has 0 saturated carbocycles. The molecule has 3 aromatic rings. The predicted octanol–water partition coefficient (Wildman–Crippen LogP) is 5.43. The van der Waals surface area contributed by atoms with Crippen molar-refractivity contribution in [1.29, 1.82) is 10.5 Å². The highest BCUT2D eigenvalue weighted by Crippen LogP contribution is 2.41. The lowest BCUT2D eigenvalue weighted by Crippen LogP contribution is -2.38. The molecule has 1 N–H and O–H groups in total. The Morgan fingerprint density at radius 1 is 1.28 bits per heavy atom. The van der Waals surface area contributed by atoms with Crippen molar-refractivity contribution in [2.24, 2.45) is 10.2 Å². The summed E-state index contributed by atoms with van der Waals surface area (Å²) in [6.45, 7) is 2.28. The van der Waals surface area contributed by atoms with Crippen LogP contribution in [-0.4, -0.2) is 31.7 Å². The summed E-state index contributed by atoms with van der Waals surface area (Å²) >= 11 is 0. The summed E-state index contributed by atoms with van der Waals surface area (Å²) in [6.07, 6.45) is 1.67. The largest absolute Gasteiger partial charge is 0.516 e. The first-order chi connectivity index (χ1) is 17.1. The molecule has 1 unspecified atom stereocenters. The van der Waals surface area contributed by atoms with Gasteiger partial charge in [-0.1, -0.05) is 18.1 Å². The third-order valence-electron chi connectivity index (χ3n) is 5.67. The fraction of sp³-hybridized carbons (Fsp3) is 0.318. The number of benzene rings is 2. The molecule has 2 heterocycles. The molecule has 4 rings (SSSR count). The molecule has 1 aromatic heterocycles. The molecule has 0 radical (unpaired) electrons. The lowest BCUT2D eigenvalue weighted by atomic mass is 9.98. The van der Waals surface area contributed by atoms with Crippen LogP contribution in [0.1, 0.15) is 30.9 Å². The number of rotatable bonds is 6. The van der Waals surface area contributed by atoms with Crippen molar-refractivity contribution < 1.29 is 26.1 Å². The molecule has 0 bridgehead atoms. The van der Waals surface area contributed by atoms with Gasteiger partial charge in [-0.3, -0.25) is 4.72 Å². The lowest BCUT2D eigenvalue weighted by molar-refractivity contribution is -0.0429. The van der Waals surface area contributed by atoms with Gasteiger partial charge in [-0.2, -0.15) is 32.1 Å². The number of azo groups is 1. The summed E-state index contributed by atoms with van der Waals surface area (Å²) < 4.78 is 70.0. The Balaban J connectivity index is 1.85. The van der Waals surface area contributed by atoms with E-state index < -0.39 is 27.3 Å². The fourth-order valence-corrected chi connectivity index (χ4v) is 4.53. The Bertz CT molecular complexity index is 1540. The zero-order valence-electron chi connectivity index (χ0n) is 18.7. The number of fused-ring (bicyclic) bond motifs is 2. The van der Waals surface area contributed by atoms with Crippen molar-refractivity contribution in [1.82, 2.24) is 5.16 Å². The van der Waals surface area contributed by atoms with E-state index in [1.54, 1.807) is 28.7 Å². The minimum absolute atomic E-state index is 0.0957. The predicted molar refractivity (Wildman–Crippen MR) is 123 cm³/mol. The van der Waals surface area contributed by atoms with Crippen LogP contribution in [0.15, 0.2) is 45.1 Å². The van der Waals surface area contributed by atoms with Gasteiger partial charge in [0.1, 0.15) is 17.8 Å². The quantitative estimate of drug-likeness (QED) is 0.429. The molecule has 1 aliphatic rings. The standard InChI is InChI=1S/C22H18F3N7O3S/c1-2-15(12-27)32-8-4-6-13-9-16(17(10-18(13)32)31-36(33,34)22(23,24)25)28-29-21-20-14(11-26)5-3-7-19(20)35-30-21/h3,5,7,9-10,15,31H,2,4,6,8H2,1H3. The number of sulfonamides is 1. The first-order valence-electron chi connectivity index (χ1n) is 10.7. The van der Waals surface area contributed by atoms with Crippen LogP contribution >= 0.6 is 0 Å². The highest BCUT2D eigenvalue weighted by Gasteiger charge is 2.46. The zero-order chi connectivity index (χ0) is 26.1. The highest BCUT2D eigenvalue weighted by molar-refractivity contribution is 7.93. The van der Waals surface area contributed by atoms with Gasteiger partial charge in [0.25, 0.3) is 0 Å². The van der Waals surface area contributed by atoms with Gasteiger partial charge < -0.3 is 9.42 Å². The van der Waals surface area contributed by atoms with Gasteiger partial charge in [0.2, 0.25) is 5.82 Å². The molecule has 0 spiro atoms. The zero-order valence-corrected chi connectivity index (χ0v) is 19.6. The lowest BCUT2D eigenvalue weighted by Gasteiger charge is -2.35. The minimum atomic E-state index is -5.78. The molecule has 186 valence electrons. The van der Waals surface area contributed by atoms with Crippen LogP contribution in [0.3, 0.4) is 0 Å². The molecule has 1 atom stereocenters. The average Bonchev–Trinajstić information content (AvgIpc) is 3.26. The van der Waals surface area contributed by atoms with Crippen LogP contribution in [0.2, 0.25) is 0 Å². The number of nitriles is 2. The van der Waals surface area contributed by atoms with Crippen molar-refractivity contribution in [2.75, 3.05) is 16.2 Å². The smallest absolute Gasteiger partial charge is 0.355 e. The molecule has 0 aliphatic carbocycles. The van der Waals surface area contributed by atoms with Gasteiger partial charge in [0.15, 0.2) is 5.58 Å². The maximum absolute atomic E-state index is 13.2. The Hall–Kier alpha value is -4.17. The number of aryl methyl sites for hydroxylation is 1. The number of hydrogen-bond donors (Lipinski definition) is 1. The Morgan fingerprint density at radius 2 is 2.06 bits per heavy atom.